The maximum absolute atomic E-state index is 2.40. The number of hydrogen-bond acceptors (Lipinski definition) is 0. The van der Waals surface area contributed by atoms with Crippen LogP contribution < -0.4 is 0 Å². The highest BCUT2D eigenvalue weighted by atomic mass is 28.1. The molecule has 0 radical (unpaired) electrons. The van der Waals surface area contributed by atoms with Crippen molar-refractivity contribution in [2.75, 3.05) is 0 Å². The molecule has 0 aliphatic heterocycles. The van der Waals surface area contributed by atoms with Crippen LogP contribution in [0.4, 0.5) is 0 Å². The van der Waals surface area contributed by atoms with Crippen molar-refractivity contribution in [1.29, 1.82) is 0 Å². The maximum atomic E-state index is 2.40. The Morgan fingerprint density at radius 3 is 2.20 bits per heavy atom. The Balaban J connectivity index is 2.78. The van der Waals surface area contributed by atoms with Crippen LogP contribution in [-0.4, -0.2) is 10.2 Å². The van der Waals surface area contributed by atoms with Crippen molar-refractivity contribution in [3.8, 4) is 0 Å². The van der Waals surface area contributed by atoms with E-state index in [9.17, 15) is 0 Å². The maximum Gasteiger partial charge on any atom is 0.0163 e. The molecule has 1 aliphatic rings. The quantitative estimate of drug-likeness (QED) is 0.463. The van der Waals surface area contributed by atoms with Crippen molar-refractivity contribution in [3.63, 3.8) is 0 Å². The lowest BCUT2D eigenvalue weighted by molar-refractivity contribution is 0.518. The summed E-state index contributed by atoms with van der Waals surface area (Å²) in [4.78, 5) is 0. The lowest BCUT2D eigenvalue weighted by Crippen LogP contribution is -2.05. The van der Waals surface area contributed by atoms with E-state index < -0.39 is 0 Å². The predicted octanol–water partition coefficient (Wildman–Crippen LogP) is 1.68. The molecule has 0 fully saturated rings. The molecule has 0 aromatic rings. The summed E-state index contributed by atoms with van der Waals surface area (Å²) in [5.41, 5.74) is 2.65. The molecule has 0 amide bonds. The average Bonchev–Trinajstić information content (AvgIpc) is 2.11. The molecule has 1 atom stereocenters. The van der Waals surface area contributed by atoms with Gasteiger partial charge in [0.25, 0.3) is 0 Å². The molecule has 1 unspecified atom stereocenters. The third-order valence-corrected chi connectivity index (χ3v) is 2.61. The first-order valence-electron chi connectivity index (χ1n) is 3.90. The summed E-state index contributed by atoms with van der Waals surface area (Å²) in [6, 6.07) is 0. The van der Waals surface area contributed by atoms with Crippen molar-refractivity contribution in [2.24, 2.45) is 5.41 Å². The van der Waals surface area contributed by atoms with Crippen molar-refractivity contribution >= 4 is 10.2 Å². The lowest BCUT2D eigenvalue weighted by Gasteiger charge is -2.18. The second kappa shape index (κ2) is 2.39. The van der Waals surface area contributed by atoms with Crippen LogP contribution in [0.25, 0.3) is 0 Å². The van der Waals surface area contributed by atoms with Crippen LogP contribution in [0.1, 0.15) is 20.8 Å². The topological polar surface area (TPSA) is 0 Å². The van der Waals surface area contributed by atoms with E-state index in [0.717, 1.165) is 5.54 Å². The van der Waals surface area contributed by atoms with Crippen LogP contribution in [0.3, 0.4) is 0 Å². The summed E-state index contributed by atoms with van der Waals surface area (Å²) < 4.78 is 0. The monoisotopic (exact) mass is 152 g/mol. The van der Waals surface area contributed by atoms with Gasteiger partial charge < -0.3 is 0 Å². The summed E-state index contributed by atoms with van der Waals surface area (Å²) in [6.45, 7) is 6.80. The molecule has 10 heavy (non-hydrogen) atoms. The third kappa shape index (κ3) is 1.60. The van der Waals surface area contributed by atoms with Crippen molar-refractivity contribution in [3.05, 3.63) is 23.8 Å². The first-order chi connectivity index (χ1) is 4.50. The van der Waals surface area contributed by atoms with Gasteiger partial charge in [0.15, 0.2) is 0 Å². The zero-order valence-corrected chi connectivity index (χ0v) is 9.31. The minimum absolute atomic E-state index is 0.357. The normalized spacial score (nSPS) is 25.5. The molecule has 1 heteroatoms. The van der Waals surface area contributed by atoms with Crippen molar-refractivity contribution in [2.45, 2.75) is 26.3 Å². The summed E-state index contributed by atoms with van der Waals surface area (Å²) >= 11 is 0. The van der Waals surface area contributed by atoms with Gasteiger partial charge in [0, 0.05) is 10.2 Å². The highest BCUT2D eigenvalue weighted by Crippen LogP contribution is 2.32. The molecule has 0 nitrogen and oxygen atoms in total. The molecule has 1 aliphatic carbocycles. The number of hydrogen-bond donors (Lipinski definition) is 0. The van der Waals surface area contributed by atoms with E-state index in [2.05, 4.69) is 39.0 Å². The fraction of sp³-hybridized carbons (Fsp3) is 0.556. The molecule has 0 saturated carbocycles. The molecular formula is C9H16Si. The molecule has 0 heterocycles. The van der Waals surface area contributed by atoms with Gasteiger partial charge in [-0.05, 0) is 16.5 Å². The smallest absolute Gasteiger partial charge is 0.0163 e. The van der Waals surface area contributed by atoms with Crippen LogP contribution in [0.5, 0.6) is 0 Å². The Hall–Kier alpha value is -0.303. The Morgan fingerprint density at radius 1 is 1.40 bits per heavy atom. The Labute approximate surface area is 66.4 Å². The Bertz CT molecular complexity index is 181. The number of rotatable bonds is 0. The van der Waals surface area contributed by atoms with E-state index in [1.807, 2.05) is 0 Å². The molecule has 0 spiro atoms. The van der Waals surface area contributed by atoms with Gasteiger partial charge in [0.1, 0.15) is 0 Å². The van der Waals surface area contributed by atoms with Crippen molar-refractivity contribution in [1.82, 2.24) is 0 Å². The zero-order chi connectivity index (χ0) is 7.78. The van der Waals surface area contributed by atoms with Crippen LogP contribution >= 0.6 is 0 Å². The fourth-order valence-corrected chi connectivity index (χ4v) is 1.70. The molecule has 1 rings (SSSR count). The summed E-state index contributed by atoms with van der Waals surface area (Å²) in [5.74, 6) is 0. The SMILES string of the molecule is CC(C)(C)C1=CC([SiH3])C=C1. The lowest BCUT2D eigenvalue weighted by atomic mass is 9.87. The summed E-state index contributed by atoms with van der Waals surface area (Å²) in [5, 5.41) is 0. The first-order valence-corrected chi connectivity index (χ1v) is 5.06. The second-order valence-electron chi connectivity index (χ2n) is 4.09. The Kier molecular flexibility index (Phi) is 1.86. The van der Waals surface area contributed by atoms with Crippen LogP contribution in [-0.2, 0) is 0 Å². The second-order valence-corrected chi connectivity index (χ2v) is 5.42. The van der Waals surface area contributed by atoms with Gasteiger partial charge in [0.05, 0.1) is 0 Å². The minimum Gasteiger partial charge on any atom is -0.0811 e. The first kappa shape index (κ1) is 7.80. The fourth-order valence-electron chi connectivity index (χ4n) is 1.15. The van der Waals surface area contributed by atoms with E-state index in [1.54, 1.807) is 0 Å². The third-order valence-electron chi connectivity index (χ3n) is 1.89. The minimum atomic E-state index is 0.357. The standard InChI is InChI=1S/C9H16Si/c1-9(2,3)7-4-5-8(10)6-7/h4-6,8H,1-3,10H3. The van der Waals surface area contributed by atoms with Gasteiger partial charge in [-0.3, -0.25) is 0 Å². The van der Waals surface area contributed by atoms with Gasteiger partial charge in [-0.2, -0.15) is 0 Å². The van der Waals surface area contributed by atoms with Gasteiger partial charge in [-0.25, -0.2) is 0 Å². The van der Waals surface area contributed by atoms with Gasteiger partial charge in [-0.15, -0.1) is 0 Å². The highest BCUT2D eigenvalue weighted by molar-refractivity contribution is 6.14. The summed E-state index contributed by atoms with van der Waals surface area (Å²) in [7, 11) is 1.26. The highest BCUT2D eigenvalue weighted by Gasteiger charge is 2.17. The molecular weight excluding hydrogens is 136 g/mol. The molecule has 0 aromatic carbocycles. The van der Waals surface area contributed by atoms with Crippen LogP contribution in [0.2, 0.25) is 5.54 Å². The molecule has 0 saturated heterocycles. The van der Waals surface area contributed by atoms with E-state index in [-0.39, 0.29) is 0 Å². The van der Waals surface area contributed by atoms with Crippen LogP contribution in [0.15, 0.2) is 23.8 Å². The predicted molar refractivity (Wildman–Crippen MR) is 50.4 cm³/mol. The van der Waals surface area contributed by atoms with Gasteiger partial charge >= 0.3 is 0 Å². The average molecular weight is 152 g/mol. The molecule has 56 valence electrons. The largest absolute Gasteiger partial charge is 0.0811 e. The van der Waals surface area contributed by atoms with Crippen molar-refractivity contribution < 1.29 is 0 Å². The summed E-state index contributed by atoms with van der Waals surface area (Å²) in [6.07, 6.45) is 6.98. The van der Waals surface area contributed by atoms with E-state index in [4.69, 9.17) is 0 Å². The molecule has 0 N–H and O–H groups in total. The number of allylic oxidation sites excluding steroid dienone is 4. The zero-order valence-electron chi connectivity index (χ0n) is 7.31. The van der Waals surface area contributed by atoms with E-state index >= 15 is 0 Å². The molecule has 0 bridgehead atoms. The Morgan fingerprint density at radius 2 is 2.00 bits per heavy atom. The molecule has 0 aromatic heterocycles. The van der Waals surface area contributed by atoms with E-state index in [0.29, 0.717) is 5.41 Å². The van der Waals surface area contributed by atoms with Crippen LogP contribution in [0, 0.1) is 5.41 Å². The van der Waals surface area contributed by atoms with E-state index in [1.165, 1.54) is 15.8 Å². The van der Waals surface area contributed by atoms with Gasteiger partial charge in [0.2, 0.25) is 0 Å². The van der Waals surface area contributed by atoms with Gasteiger partial charge in [-0.1, -0.05) is 39.0 Å².